The molecule has 1 aromatic carbocycles. The highest BCUT2D eigenvalue weighted by Crippen LogP contribution is 2.42. The average molecular weight is 305 g/mol. The van der Waals surface area contributed by atoms with Crippen molar-refractivity contribution in [2.24, 2.45) is 0 Å². The Kier molecular flexibility index (Phi) is 4.12. The third-order valence-electron chi connectivity index (χ3n) is 3.34. The summed E-state index contributed by atoms with van der Waals surface area (Å²) in [6.07, 6.45) is 0. The van der Waals surface area contributed by atoms with E-state index in [-0.39, 0.29) is 11.1 Å². The van der Waals surface area contributed by atoms with Crippen molar-refractivity contribution in [2.45, 2.75) is 26.2 Å². The first-order chi connectivity index (χ1) is 10.3. The number of methoxy groups -OCH3 is 2. The number of nitrogens with zero attached hydrogens (tertiary/aromatic N) is 1. The highest BCUT2D eigenvalue weighted by molar-refractivity contribution is 5.87. The van der Waals surface area contributed by atoms with E-state index in [0.29, 0.717) is 22.8 Å². The van der Waals surface area contributed by atoms with Gasteiger partial charge in [-0.25, -0.2) is 4.79 Å². The number of aromatic carboxylic acids is 1. The third kappa shape index (κ3) is 2.90. The van der Waals surface area contributed by atoms with E-state index in [1.54, 1.807) is 7.11 Å². The number of benzene rings is 1. The molecule has 0 atom stereocenters. The SMILES string of the molecule is COc1cc(C(C)(C)C)cc(-c2cc(C(=O)O)no2)c1OC. The van der Waals surface area contributed by atoms with Gasteiger partial charge in [0.05, 0.1) is 19.8 Å². The van der Waals surface area contributed by atoms with Crippen LogP contribution in [-0.2, 0) is 5.41 Å². The van der Waals surface area contributed by atoms with Gasteiger partial charge in [0.15, 0.2) is 23.0 Å². The molecule has 0 amide bonds. The number of carboxylic acids is 1. The van der Waals surface area contributed by atoms with Gasteiger partial charge in [-0.15, -0.1) is 0 Å². The fourth-order valence-electron chi connectivity index (χ4n) is 2.08. The first-order valence-corrected chi connectivity index (χ1v) is 6.74. The molecule has 0 spiro atoms. The molecule has 0 saturated heterocycles. The Morgan fingerprint density at radius 2 is 1.86 bits per heavy atom. The predicted octanol–water partition coefficient (Wildman–Crippen LogP) is 3.35. The molecule has 6 nitrogen and oxygen atoms in total. The van der Waals surface area contributed by atoms with Crippen LogP contribution in [0.4, 0.5) is 0 Å². The van der Waals surface area contributed by atoms with Crippen LogP contribution in [0.2, 0.25) is 0 Å². The van der Waals surface area contributed by atoms with Crippen LogP contribution in [-0.4, -0.2) is 30.5 Å². The minimum atomic E-state index is -1.15. The van der Waals surface area contributed by atoms with E-state index < -0.39 is 5.97 Å². The topological polar surface area (TPSA) is 81.8 Å². The zero-order valence-corrected chi connectivity index (χ0v) is 13.3. The van der Waals surface area contributed by atoms with Crippen molar-refractivity contribution in [3.05, 3.63) is 29.5 Å². The molecule has 6 heteroatoms. The zero-order valence-electron chi connectivity index (χ0n) is 13.3. The minimum Gasteiger partial charge on any atom is -0.493 e. The van der Waals surface area contributed by atoms with Crippen LogP contribution in [0.5, 0.6) is 11.5 Å². The Morgan fingerprint density at radius 1 is 1.18 bits per heavy atom. The molecule has 0 fully saturated rings. The van der Waals surface area contributed by atoms with E-state index in [0.717, 1.165) is 5.56 Å². The summed E-state index contributed by atoms with van der Waals surface area (Å²) in [7, 11) is 3.07. The fourth-order valence-corrected chi connectivity index (χ4v) is 2.08. The van der Waals surface area contributed by atoms with Gasteiger partial charge in [0.1, 0.15) is 0 Å². The van der Waals surface area contributed by atoms with Gasteiger partial charge in [-0.1, -0.05) is 25.9 Å². The molecule has 2 rings (SSSR count). The fraction of sp³-hybridized carbons (Fsp3) is 0.375. The van der Waals surface area contributed by atoms with Crippen LogP contribution in [0.3, 0.4) is 0 Å². The van der Waals surface area contributed by atoms with Crippen molar-refractivity contribution in [3.63, 3.8) is 0 Å². The molecular weight excluding hydrogens is 286 g/mol. The summed E-state index contributed by atoms with van der Waals surface area (Å²) in [6, 6.07) is 5.16. The van der Waals surface area contributed by atoms with E-state index in [1.165, 1.54) is 13.2 Å². The standard InChI is InChI=1S/C16H19NO5/c1-16(2,3)9-6-10(14(21-5)13(7-9)20-4)12-8-11(15(18)19)17-22-12/h6-8H,1-5H3,(H,18,19). The van der Waals surface area contributed by atoms with Crippen molar-refractivity contribution >= 4 is 5.97 Å². The number of hydrogen-bond donors (Lipinski definition) is 1. The lowest BCUT2D eigenvalue weighted by molar-refractivity contribution is 0.0686. The maximum absolute atomic E-state index is 11.0. The first kappa shape index (κ1) is 15.9. The second-order valence-corrected chi connectivity index (χ2v) is 5.89. The number of carbonyl (C=O) groups is 1. The van der Waals surface area contributed by atoms with Crippen LogP contribution in [0, 0.1) is 0 Å². The van der Waals surface area contributed by atoms with Crippen molar-refractivity contribution < 1.29 is 23.9 Å². The van der Waals surface area contributed by atoms with Crippen molar-refractivity contribution in [3.8, 4) is 22.8 Å². The minimum absolute atomic E-state index is 0.121. The molecule has 0 radical (unpaired) electrons. The maximum atomic E-state index is 11.0. The van der Waals surface area contributed by atoms with E-state index in [2.05, 4.69) is 25.9 Å². The molecule has 0 unspecified atom stereocenters. The van der Waals surface area contributed by atoms with Crippen LogP contribution in [0.15, 0.2) is 22.7 Å². The van der Waals surface area contributed by atoms with Gasteiger partial charge < -0.3 is 19.1 Å². The lowest BCUT2D eigenvalue weighted by Crippen LogP contribution is -2.11. The second-order valence-electron chi connectivity index (χ2n) is 5.89. The van der Waals surface area contributed by atoms with Gasteiger partial charge in [-0.2, -0.15) is 0 Å². The molecule has 1 aromatic heterocycles. The van der Waals surface area contributed by atoms with Crippen molar-refractivity contribution in [1.82, 2.24) is 5.16 Å². The Morgan fingerprint density at radius 3 is 2.32 bits per heavy atom. The van der Waals surface area contributed by atoms with E-state index in [1.807, 2.05) is 12.1 Å². The molecule has 1 N–H and O–H groups in total. The third-order valence-corrected chi connectivity index (χ3v) is 3.34. The van der Waals surface area contributed by atoms with Gasteiger partial charge in [0, 0.05) is 6.07 Å². The van der Waals surface area contributed by atoms with Crippen LogP contribution < -0.4 is 9.47 Å². The molecule has 0 aliphatic carbocycles. The predicted molar refractivity (Wildman–Crippen MR) is 80.7 cm³/mol. The van der Waals surface area contributed by atoms with Crippen LogP contribution >= 0.6 is 0 Å². The van der Waals surface area contributed by atoms with Crippen LogP contribution in [0.1, 0.15) is 36.8 Å². The molecule has 0 aliphatic rings. The Hall–Kier alpha value is -2.50. The van der Waals surface area contributed by atoms with E-state index in [9.17, 15) is 4.79 Å². The lowest BCUT2D eigenvalue weighted by Gasteiger charge is -2.22. The summed E-state index contributed by atoms with van der Waals surface area (Å²) in [6.45, 7) is 6.21. The Bertz CT molecular complexity index is 697. The Labute approximate surface area is 128 Å². The number of hydrogen-bond acceptors (Lipinski definition) is 5. The molecule has 2 aromatic rings. The molecule has 118 valence electrons. The van der Waals surface area contributed by atoms with Crippen LogP contribution in [0.25, 0.3) is 11.3 Å². The zero-order chi connectivity index (χ0) is 16.5. The van der Waals surface area contributed by atoms with Gasteiger partial charge in [-0.05, 0) is 23.1 Å². The molecule has 0 aliphatic heterocycles. The Balaban J connectivity index is 2.68. The molecule has 0 saturated carbocycles. The maximum Gasteiger partial charge on any atom is 0.358 e. The van der Waals surface area contributed by atoms with Crippen molar-refractivity contribution in [2.75, 3.05) is 14.2 Å². The smallest absolute Gasteiger partial charge is 0.358 e. The monoisotopic (exact) mass is 305 g/mol. The van der Waals surface area contributed by atoms with Gasteiger partial charge in [0.25, 0.3) is 0 Å². The summed E-state index contributed by atoms with van der Waals surface area (Å²) in [4.78, 5) is 11.0. The number of carboxylic acid groups (broad SMARTS) is 1. The summed E-state index contributed by atoms with van der Waals surface area (Å²) < 4.78 is 15.9. The van der Waals surface area contributed by atoms with Gasteiger partial charge in [-0.3, -0.25) is 0 Å². The summed E-state index contributed by atoms with van der Waals surface area (Å²) in [5, 5.41) is 12.5. The normalized spacial score (nSPS) is 11.3. The van der Waals surface area contributed by atoms with E-state index in [4.69, 9.17) is 19.1 Å². The largest absolute Gasteiger partial charge is 0.493 e. The number of rotatable bonds is 4. The average Bonchev–Trinajstić information content (AvgIpc) is 2.94. The van der Waals surface area contributed by atoms with Gasteiger partial charge in [0.2, 0.25) is 0 Å². The summed E-state index contributed by atoms with van der Waals surface area (Å²) in [5.74, 6) is 0.202. The summed E-state index contributed by atoms with van der Waals surface area (Å²) >= 11 is 0. The molecular formula is C16H19NO5. The first-order valence-electron chi connectivity index (χ1n) is 6.74. The van der Waals surface area contributed by atoms with Gasteiger partial charge >= 0.3 is 5.97 Å². The number of ether oxygens (including phenoxy) is 2. The van der Waals surface area contributed by atoms with Crippen molar-refractivity contribution in [1.29, 1.82) is 0 Å². The quantitative estimate of drug-likeness (QED) is 0.932. The van der Waals surface area contributed by atoms with E-state index >= 15 is 0 Å². The molecule has 22 heavy (non-hydrogen) atoms. The molecule has 1 heterocycles. The lowest BCUT2D eigenvalue weighted by atomic mass is 9.85. The second kappa shape index (κ2) is 5.71. The number of aromatic nitrogens is 1. The molecule has 0 bridgehead atoms. The highest BCUT2D eigenvalue weighted by Gasteiger charge is 2.23. The highest BCUT2D eigenvalue weighted by atomic mass is 16.5. The summed E-state index contributed by atoms with van der Waals surface area (Å²) in [5.41, 5.74) is 1.33.